The summed E-state index contributed by atoms with van der Waals surface area (Å²) in [7, 11) is 0. The Bertz CT molecular complexity index is 938. The first kappa shape index (κ1) is 21.6. The Morgan fingerprint density at radius 2 is 2.12 bits per heavy atom. The molecule has 0 amide bonds. The predicted octanol–water partition coefficient (Wildman–Crippen LogP) is 4.65. The van der Waals surface area contributed by atoms with E-state index in [1.165, 1.54) is 11.1 Å². The Kier molecular flexibility index (Phi) is 5.79. The summed E-state index contributed by atoms with van der Waals surface area (Å²) in [4.78, 5) is 15.0. The van der Waals surface area contributed by atoms with E-state index in [4.69, 9.17) is 9.84 Å². The average Bonchev–Trinajstić information content (AvgIpc) is 3.13. The zero-order valence-corrected chi connectivity index (χ0v) is 19.0. The summed E-state index contributed by atoms with van der Waals surface area (Å²) in [6, 6.07) is 5.93. The number of aliphatic hydroxyl groups is 1. The Labute approximate surface area is 190 Å². The summed E-state index contributed by atoms with van der Waals surface area (Å²) in [6.45, 7) is 3.21. The molecule has 2 fully saturated rings. The molecule has 5 nitrogen and oxygen atoms in total. The highest BCUT2D eigenvalue weighted by Crippen LogP contribution is 2.61. The second kappa shape index (κ2) is 8.58. The van der Waals surface area contributed by atoms with Gasteiger partial charge < -0.3 is 19.8 Å². The molecule has 0 unspecified atom stereocenters. The quantitative estimate of drug-likeness (QED) is 0.657. The Hall–Kier alpha value is -2.27. The summed E-state index contributed by atoms with van der Waals surface area (Å²) in [5.74, 6) is 1.99. The van der Waals surface area contributed by atoms with Crippen molar-refractivity contribution < 1.29 is 19.7 Å². The number of aliphatic hydroxyl groups excluding tert-OH is 1. The summed E-state index contributed by atoms with van der Waals surface area (Å²) >= 11 is 0. The number of phenols is 1. The van der Waals surface area contributed by atoms with E-state index in [1.54, 1.807) is 0 Å². The van der Waals surface area contributed by atoms with Gasteiger partial charge in [-0.15, -0.1) is 0 Å². The molecule has 0 saturated heterocycles. The first-order valence-electron chi connectivity index (χ1n) is 12.3. The van der Waals surface area contributed by atoms with Gasteiger partial charge in [0.1, 0.15) is 11.9 Å². The monoisotopic (exact) mass is 437 g/mol. The van der Waals surface area contributed by atoms with Gasteiger partial charge in [-0.2, -0.15) is 0 Å². The third-order valence-corrected chi connectivity index (χ3v) is 8.67. The third kappa shape index (κ3) is 3.75. The zero-order valence-electron chi connectivity index (χ0n) is 19.0. The minimum atomic E-state index is -0.179. The molecule has 1 aromatic rings. The van der Waals surface area contributed by atoms with Crippen LogP contribution in [0.2, 0.25) is 0 Å². The van der Waals surface area contributed by atoms with E-state index >= 15 is 0 Å². The van der Waals surface area contributed by atoms with E-state index in [-0.39, 0.29) is 24.1 Å². The molecule has 32 heavy (non-hydrogen) atoms. The van der Waals surface area contributed by atoms with Gasteiger partial charge in [0.2, 0.25) is 0 Å². The second-order valence-electron chi connectivity index (χ2n) is 10.4. The largest absolute Gasteiger partial charge is 0.508 e. The summed E-state index contributed by atoms with van der Waals surface area (Å²) < 4.78 is 6.19. The van der Waals surface area contributed by atoms with Crippen molar-refractivity contribution >= 4 is 5.97 Å². The number of carbonyl (C=O) groups is 1. The number of nitrogens with zero attached hydrogens (tertiary/aromatic N) is 1. The molecule has 172 valence electrons. The summed E-state index contributed by atoms with van der Waals surface area (Å²) in [6.07, 6.45) is 13.6. The Morgan fingerprint density at radius 1 is 1.25 bits per heavy atom. The average molecular weight is 438 g/mol. The van der Waals surface area contributed by atoms with E-state index in [0.717, 1.165) is 38.5 Å². The van der Waals surface area contributed by atoms with Gasteiger partial charge in [-0.25, -0.2) is 4.79 Å². The van der Waals surface area contributed by atoms with Gasteiger partial charge in [-0.3, -0.25) is 0 Å². The van der Waals surface area contributed by atoms with E-state index in [1.807, 2.05) is 35.5 Å². The van der Waals surface area contributed by atoms with Gasteiger partial charge in [0.15, 0.2) is 0 Å². The van der Waals surface area contributed by atoms with Crippen LogP contribution in [0.1, 0.15) is 68.9 Å². The molecule has 0 spiro atoms. The predicted molar refractivity (Wildman–Crippen MR) is 123 cm³/mol. The van der Waals surface area contributed by atoms with Gasteiger partial charge in [-0.1, -0.05) is 19.1 Å². The van der Waals surface area contributed by atoms with E-state index in [0.29, 0.717) is 48.5 Å². The minimum Gasteiger partial charge on any atom is -0.508 e. The molecule has 4 aliphatic rings. The lowest BCUT2D eigenvalue weighted by atomic mass is 9.55. The first-order valence-corrected chi connectivity index (χ1v) is 12.3. The van der Waals surface area contributed by atoms with Crippen LogP contribution in [0, 0.1) is 17.3 Å². The third-order valence-electron chi connectivity index (χ3n) is 8.67. The minimum absolute atomic E-state index is 0.0140. The summed E-state index contributed by atoms with van der Waals surface area (Å²) in [5, 5.41) is 19.0. The van der Waals surface area contributed by atoms with E-state index in [9.17, 15) is 9.90 Å². The van der Waals surface area contributed by atoms with Crippen LogP contribution in [-0.4, -0.2) is 40.3 Å². The molecule has 0 aromatic heterocycles. The smallest absolute Gasteiger partial charge is 0.336 e. The molecule has 0 bridgehead atoms. The van der Waals surface area contributed by atoms with Crippen LogP contribution in [0.5, 0.6) is 5.75 Å². The number of carbonyl (C=O) groups excluding carboxylic acids is 1. The van der Waals surface area contributed by atoms with Crippen molar-refractivity contribution in [3.05, 3.63) is 53.4 Å². The van der Waals surface area contributed by atoms with Crippen molar-refractivity contribution in [3.63, 3.8) is 0 Å². The Balaban J connectivity index is 1.29. The number of allylic oxidation sites excluding steroid dienone is 1. The highest BCUT2D eigenvalue weighted by molar-refractivity contribution is 5.89. The number of fused-ring (bicyclic) bond motifs is 5. The molecular formula is C27H35NO4. The Morgan fingerprint density at radius 3 is 2.97 bits per heavy atom. The topological polar surface area (TPSA) is 70.0 Å². The maximum atomic E-state index is 13.0. The van der Waals surface area contributed by atoms with Crippen LogP contribution in [0.25, 0.3) is 0 Å². The van der Waals surface area contributed by atoms with Crippen LogP contribution in [0.3, 0.4) is 0 Å². The highest BCUT2D eigenvalue weighted by Gasteiger charge is 2.56. The van der Waals surface area contributed by atoms with E-state index in [2.05, 4.69) is 13.0 Å². The van der Waals surface area contributed by atoms with Crippen molar-refractivity contribution in [1.82, 2.24) is 4.90 Å². The number of hydrogen-bond acceptors (Lipinski definition) is 5. The van der Waals surface area contributed by atoms with Gasteiger partial charge in [0, 0.05) is 31.2 Å². The fourth-order valence-electron chi connectivity index (χ4n) is 7.06. The van der Waals surface area contributed by atoms with Crippen molar-refractivity contribution in [2.45, 2.75) is 70.3 Å². The number of benzene rings is 1. The lowest BCUT2D eigenvalue weighted by Gasteiger charge is -2.50. The molecule has 5 rings (SSSR count). The summed E-state index contributed by atoms with van der Waals surface area (Å²) in [5.41, 5.74) is 3.51. The second-order valence-corrected chi connectivity index (χ2v) is 10.4. The van der Waals surface area contributed by atoms with Crippen LogP contribution in [0.15, 0.2) is 42.2 Å². The fraction of sp³-hybridized carbons (Fsp3) is 0.593. The van der Waals surface area contributed by atoms with Crippen LogP contribution >= 0.6 is 0 Å². The zero-order chi connectivity index (χ0) is 22.3. The van der Waals surface area contributed by atoms with Crippen LogP contribution in [-0.2, 0) is 16.0 Å². The molecule has 2 N–H and O–H groups in total. The van der Waals surface area contributed by atoms with Crippen molar-refractivity contribution in [3.8, 4) is 5.75 Å². The number of esters is 1. The molecule has 5 atom stereocenters. The molecule has 1 heterocycles. The van der Waals surface area contributed by atoms with Crippen molar-refractivity contribution in [1.29, 1.82) is 0 Å². The normalized spacial score (nSPS) is 33.2. The van der Waals surface area contributed by atoms with Crippen molar-refractivity contribution in [2.75, 3.05) is 13.2 Å². The number of rotatable bonds is 5. The lowest BCUT2D eigenvalue weighted by Crippen LogP contribution is -2.45. The van der Waals surface area contributed by atoms with Gasteiger partial charge >= 0.3 is 5.97 Å². The molecule has 1 aromatic carbocycles. The van der Waals surface area contributed by atoms with Crippen LogP contribution in [0.4, 0.5) is 0 Å². The first-order chi connectivity index (χ1) is 15.5. The van der Waals surface area contributed by atoms with Crippen molar-refractivity contribution in [2.24, 2.45) is 17.3 Å². The number of phenolic OH excluding ortho intramolecular Hbond substituents is 1. The van der Waals surface area contributed by atoms with Crippen LogP contribution < -0.4 is 0 Å². The molecule has 5 heteroatoms. The number of aromatic hydroxyl groups is 1. The molecule has 3 aliphatic carbocycles. The van der Waals surface area contributed by atoms with E-state index < -0.39 is 0 Å². The number of aryl methyl sites for hydroxylation is 1. The van der Waals surface area contributed by atoms with Gasteiger partial charge in [-0.05, 0) is 92.2 Å². The molecule has 0 radical (unpaired) electrons. The van der Waals surface area contributed by atoms with Gasteiger partial charge in [0.25, 0.3) is 0 Å². The molecule has 1 aliphatic heterocycles. The fourth-order valence-corrected chi connectivity index (χ4v) is 7.06. The maximum Gasteiger partial charge on any atom is 0.336 e. The number of hydrogen-bond donors (Lipinski definition) is 2. The highest BCUT2D eigenvalue weighted by atomic mass is 16.5. The standard InChI is InChI=1S/C27H35NO4/c1-27-12-11-22-21-8-6-20(30)16-18(21)5-7-23(22)24(27)9-10-25(27)32-26(31)19-4-2-13-28(17-19)14-3-15-29/h2,6,8,13,16-17,22-25,29-30H,3-5,7,9-12,14-15H2,1H3/t22-,23-,24+,25+,27+/m1/s1. The molecular weight excluding hydrogens is 402 g/mol. The van der Waals surface area contributed by atoms with Gasteiger partial charge in [0.05, 0.1) is 5.57 Å². The number of ether oxygens (including phenoxy) is 1. The maximum absolute atomic E-state index is 13.0. The molecule has 2 saturated carbocycles. The SMILES string of the molecule is C[C@]12CC[C@@H]3c4ccc(O)cc4CC[C@H]3[C@@H]1CC[C@@H]2OC(=O)C1=CN(CCCO)C=CC1. The lowest BCUT2D eigenvalue weighted by molar-refractivity contribution is -0.153.